The Hall–Kier alpha value is -1.17. The molecule has 0 aliphatic heterocycles. The first-order valence-corrected chi connectivity index (χ1v) is 5.82. The summed E-state index contributed by atoms with van der Waals surface area (Å²) in [4.78, 5) is 4.22. The van der Waals surface area contributed by atoms with Gasteiger partial charge in [0, 0.05) is 18.8 Å². The molecule has 5 nitrogen and oxygen atoms in total. The summed E-state index contributed by atoms with van der Waals surface area (Å²) >= 11 is 0. The van der Waals surface area contributed by atoms with Gasteiger partial charge in [0.25, 0.3) is 0 Å². The Kier molecular flexibility index (Phi) is 5.90. The van der Waals surface area contributed by atoms with Crippen LogP contribution in [0.4, 0.5) is 5.82 Å². The number of hydrogen-bond acceptors (Lipinski definition) is 5. The molecule has 0 amide bonds. The van der Waals surface area contributed by atoms with Gasteiger partial charge in [0.1, 0.15) is 5.82 Å². The molecule has 0 aliphatic carbocycles. The van der Waals surface area contributed by atoms with Crippen molar-refractivity contribution in [2.45, 2.75) is 32.5 Å². The van der Waals surface area contributed by atoms with Crippen molar-refractivity contribution >= 4 is 5.82 Å². The number of anilines is 1. The summed E-state index contributed by atoms with van der Waals surface area (Å²) in [5.74, 6) is 0.659. The standard InChI is InChI=1S/C12H21N3O2/c1-9(2)13-5-10-3-4-12(14-6-10)15-11(7-16)8-17/h3-4,6,9,11,13,16-17H,5,7-8H2,1-2H3,(H,14,15). The molecule has 1 aromatic rings. The van der Waals surface area contributed by atoms with Gasteiger partial charge in [-0.05, 0) is 11.6 Å². The first-order valence-electron chi connectivity index (χ1n) is 5.82. The zero-order chi connectivity index (χ0) is 12.7. The normalized spacial score (nSPS) is 11.2. The summed E-state index contributed by atoms with van der Waals surface area (Å²) in [7, 11) is 0. The van der Waals surface area contributed by atoms with Crippen molar-refractivity contribution in [2.75, 3.05) is 18.5 Å². The van der Waals surface area contributed by atoms with Crippen LogP contribution >= 0.6 is 0 Å². The maximum absolute atomic E-state index is 8.93. The summed E-state index contributed by atoms with van der Waals surface area (Å²) in [5.41, 5.74) is 1.11. The Labute approximate surface area is 102 Å². The van der Waals surface area contributed by atoms with Crippen molar-refractivity contribution in [1.82, 2.24) is 10.3 Å². The third kappa shape index (κ3) is 5.12. The van der Waals surface area contributed by atoms with E-state index in [1.165, 1.54) is 0 Å². The summed E-state index contributed by atoms with van der Waals surface area (Å²) in [5, 5.41) is 24.1. The second-order valence-corrected chi connectivity index (χ2v) is 4.29. The van der Waals surface area contributed by atoms with E-state index in [2.05, 4.69) is 29.5 Å². The van der Waals surface area contributed by atoms with E-state index in [1.54, 1.807) is 6.20 Å². The van der Waals surface area contributed by atoms with Crippen LogP contribution in [0.25, 0.3) is 0 Å². The molecule has 5 heteroatoms. The number of hydrogen-bond donors (Lipinski definition) is 4. The lowest BCUT2D eigenvalue weighted by Crippen LogP contribution is -2.28. The van der Waals surface area contributed by atoms with Gasteiger partial charge in [0.2, 0.25) is 0 Å². The van der Waals surface area contributed by atoms with Crippen LogP contribution in [0.5, 0.6) is 0 Å². The average molecular weight is 239 g/mol. The third-order valence-corrected chi connectivity index (χ3v) is 2.33. The summed E-state index contributed by atoms with van der Waals surface area (Å²) in [6.07, 6.45) is 1.78. The van der Waals surface area contributed by atoms with E-state index >= 15 is 0 Å². The Morgan fingerprint density at radius 3 is 2.41 bits per heavy atom. The van der Waals surface area contributed by atoms with Crippen LogP contribution in [0.1, 0.15) is 19.4 Å². The highest BCUT2D eigenvalue weighted by atomic mass is 16.3. The van der Waals surface area contributed by atoms with Crippen molar-refractivity contribution in [3.8, 4) is 0 Å². The minimum absolute atomic E-state index is 0.116. The number of rotatable bonds is 7. The predicted molar refractivity (Wildman–Crippen MR) is 67.8 cm³/mol. The van der Waals surface area contributed by atoms with Gasteiger partial charge in [0.05, 0.1) is 19.3 Å². The molecule has 0 bridgehead atoms. The fourth-order valence-electron chi connectivity index (χ4n) is 1.29. The van der Waals surface area contributed by atoms with E-state index in [4.69, 9.17) is 10.2 Å². The van der Waals surface area contributed by atoms with E-state index in [9.17, 15) is 0 Å². The molecule has 0 atom stereocenters. The van der Waals surface area contributed by atoms with Gasteiger partial charge in [-0.1, -0.05) is 19.9 Å². The van der Waals surface area contributed by atoms with Crippen molar-refractivity contribution in [2.24, 2.45) is 0 Å². The van der Waals surface area contributed by atoms with Gasteiger partial charge < -0.3 is 20.8 Å². The average Bonchev–Trinajstić information content (AvgIpc) is 2.34. The molecule has 96 valence electrons. The lowest BCUT2D eigenvalue weighted by atomic mass is 10.2. The van der Waals surface area contributed by atoms with Crippen molar-refractivity contribution < 1.29 is 10.2 Å². The highest BCUT2D eigenvalue weighted by Gasteiger charge is 2.05. The maximum Gasteiger partial charge on any atom is 0.126 e. The van der Waals surface area contributed by atoms with E-state index < -0.39 is 0 Å². The van der Waals surface area contributed by atoms with Gasteiger partial charge in [-0.3, -0.25) is 0 Å². The first kappa shape index (κ1) is 13.9. The second-order valence-electron chi connectivity index (χ2n) is 4.29. The van der Waals surface area contributed by atoms with E-state index in [1.807, 2.05) is 12.1 Å². The molecular weight excluding hydrogens is 218 g/mol. The molecule has 1 rings (SSSR count). The van der Waals surface area contributed by atoms with Gasteiger partial charge >= 0.3 is 0 Å². The molecule has 0 saturated carbocycles. The molecule has 4 N–H and O–H groups in total. The molecule has 0 saturated heterocycles. The third-order valence-electron chi connectivity index (χ3n) is 2.33. The van der Waals surface area contributed by atoms with Crippen LogP contribution in [0.15, 0.2) is 18.3 Å². The largest absolute Gasteiger partial charge is 0.394 e. The molecule has 0 aliphatic rings. The minimum atomic E-state index is -0.359. The van der Waals surface area contributed by atoms with Gasteiger partial charge in [-0.25, -0.2) is 4.98 Å². The highest BCUT2D eigenvalue weighted by Crippen LogP contribution is 2.06. The number of nitrogens with one attached hydrogen (secondary N) is 2. The number of pyridine rings is 1. The van der Waals surface area contributed by atoms with Gasteiger partial charge in [-0.15, -0.1) is 0 Å². The van der Waals surface area contributed by atoms with E-state index in [0.29, 0.717) is 11.9 Å². The Morgan fingerprint density at radius 1 is 1.24 bits per heavy atom. The highest BCUT2D eigenvalue weighted by molar-refractivity contribution is 5.36. The molecule has 0 radical (unpaired) electrons. The van der Waals surface area contributed by atoms with Crippen LogP contribution in [-0.2, 0) is 6.54 Å². The lowest BCUT2D eigenvalue weighted by Gasteiger charge is -2.14. The van der Waals surface area contributed by atoms with E-state index in [-0.39, 0.29) is 19.3 Å². The first-order chi connectivity index (χ1) is 8.15. The number of aliphatic hydroxyl groups is 2. The molecule has 1 heterocycles. The van der Waals surface area contributed by atoms with Crippen molar-refractivity contribution in [3.63, 3.8) is 0 Å². The van der Waals surface area contributed by atoms with Crippen LogP contribution in [0.3, 0.4) is 0 Å². The number of aromatic nitrogens is 1. The molecule has 17 heavy (non-hydrogen) atoms. The van der Waals surface area contributed by atoms with Crippen LogP contribution < -0.4 is 10.6 Å². The molecule has 0 unspecified atom stereocenters. The SMILES string of the molecule is CC(C)NCc1ccc(NC(CO)CO)nc1. The molecule has 0 aromatic carbocycles. The zero-order valence-electron chi connectivity index (χ0n) is 10.3. The zero-order valence-corrected chi connectivity index (χ0v) is 10.3. The van der Waals surface area contributed by atoms with Gasteiger partial charge in [0.15, 0.2) is 0 Å². The molecule has 0 fully saturated rings. The van der Waals surface area contributed by atoms with Gasteiger partial charge in [-0.2, -0.15) is 0 Å². The quantitative estimate of drug-likeness (QED) is 0.552. The van der Waals surface area contributed by atoms with E-state index in [0.717, 1.165) is 12.1 Å². The Bertz CT molecular complexity index is 310. The minimum Gasteiger partial charge on any atom is -0.394 e. The summed E-state index contributed by atoms with van der Waals surface area (Å²) < 4.78 is 0. The fourth-order valence-corrected chi connectivity index (χ4v) is 1.29. The predicted octanol–water partition coefficient (Wildman–Crippen LogP) is 0.345. The monoisotopic (exact) mass is 239 g/mol. The Morgan fingerprint density at radius 2 is 1.94 bits per heavy atom. The van der Waals surface area contributed by atoms with Crippen LogP contribution in [0.2, 0.25) is 0 Å². The second kappa shape index (κ2) is 7.21. The maximum atomic E-state index is 8.93. The Balaban J connectivity index is 2.49. The summed E-state index contributed by atoms with van der Waals surface area (Å²) in [6, 6.07) is 3.90. The van der Waals surface area contributed by atoms with Crippen molar-refractivity contribution in [3.05, 3.63) is 23.9 Å². The lowest BCUT2D eigenvalue weighted by molar-refractivity contribution is 0.203. The molecule has 1 aromatic heterocycles. The smallest absolute Gasteiger partial charge is 0.126 e. The molecular formula is C12H21N3O2. The topological polar surface area (TPSA) is 77.4 Å². The van der Waals surface area contributed by atoms with Crippen molar-refractivity contribution in [1.29, 1.82) is 0 Å². The van der Waals surface area contributed by atoms with Crippen LogP contribution in [0, 0.1) is 0 Å². The number of aliphatic hydroxyl groups excluding tert-OH is 2. The fraction of sp³-hybridized carbons (Fsp3) is 0.583. The van der Waals surface area contributed by atoms with Crippen LogP contribution in [-0.4, -0.2) is 40.5 Å². The molecule has 0 spiro atoms. The summed E-state index contributed by atoms with van der Waals surface area (Å²) in [6.45, 7) is 4.74. The number of nitrogens with zero attached hydrogens (tertiary/aromatic N) is 1.